The number of hydrogen-bond donors (Lipinski definition) is 2. The van der Waals surface area contributed by atoms with Gasteiger partial charge in [0.25, 0.3) is 5.91 Å². The molecular weight excluding hydrogens is 344 g/mol. The average Bonchev–Trinajstić information content (AvgIpc) is 3.04. The molecular formula is C16H17BrN4O. The highest BCUT2D eigenvalue weighted by Gasteiger charge is 2.10. The van der Waals surface area contributed by atoms with Crippen LogP contribution in [0.15, 0.2) is 52.8 Å². The molecule has 0 atom stereocenters. The fourth-order valence-electron chi connectivity index (χ4n) is 2.30. The third-order valence-electron chi connectivity index (χ3n) is 3.57. The minimum Gasteiger partial charge on any atom is -0.348 e. The molecule has 0 fully saturated rings. The average molecular weight is 361 g/mol. The summed E-state index contributed by atoms with van der Waals surface area (Å²) in [5, 5.41) is 10.4. The SMILES string of the molecule is O=C(NCC1=CCNCC1)c1cnn(-c2ccc(Br)cc2)c1. The number of hydrogen-bond acceptors (Lipinski definition) is 3. The molecule has 1 aromatic carbocycles. The third kappa shape index (κ3) is 3.64. The molecule has 2 N–H and O–H groups in total. The van der Waals surface area contributed by atoms with E-state index in [0.29, 0.717) is 12.1 Å². The number of halogens is 1. The van der Waals surface area contributed by atoms with E-state index < -0.39 is 0 Å². The zero-order valence-electron chi connectivity index (χ0n) is 12.1. The summed E-state index contributed by atoms with van der Waals surface area (Å²) in [5.74, 6) is -0.0946. The summed E-state index contributed by atoms with van der Waals surface area (Å²) in [5.41, 5.74) is 2.76. The highest BCUT2D eigenvalue weighted by atomic mass is 79.9. The number of aromatic nitrogens is 2. The summed E-state index contributed by atoms with van der Waals surface area (Å²) in [6, 6.07) is 7.78. The molecule has 1 aliphatic heterocycles. The lowest BCUT2D eigenvalue weighted by Crippen LogP contribution is -2.29. The Kier molecular flexibility index (Phi) is 4.70. The summed E-state index contributed by atoms with van der Waals surface area (Å²) in [7, 11) is 0. The fraction of sp³-hybridized carbons (Fsp3) is 0.250. The van der Waals surface area contributed by atoms with Crippen LogP contribution in [0.25, 0.3) is 5.69 Å². The minimum atomic E-state index is -0.0946. The van der Waals surface area contributed by atoms with Gasteiger partial charge in [-0.25, -0.2) is 4.68 Å². The number of carbonyl (C=O) groups excluding carboxylic acids is 1. The molecule has 0 spiro atoms. The van der Waals surface area contributed by atoms with Crippen LogP contribution in [0.1, 0.15) is 16.8 Å². The molecule has 1 amide bonds. The summed E-state index contributed by atoms with van der Waals surface area (Å²) >= 11 is 3.40. The first-order chi connectivity index (χ1) is 10.7. The first kappa shape index (κ1) is 15.0. The van der Waals surface area contributed by atoms with Gasteiger partial charge in [-0.05, 0) is 37.2 Å². The molecule has 114 valence electrons. The number of rotatable bonds is 4. The molecule has 0 aliphatic carbocycles. The second-order valence-corrected chi connectivity index (χ2v) is 6.06. The lowest BCUT2D eigenvalue weighted by atomic mass is 10.1. The van der Waals surface area contributed by atoms with E-state index in [1.54, 1.807) is 17.1 Å². The normalized spacial score (nSPS) is 14.5. The van der Waals surface area contributed by atoms with Gasteiger partial charge >= 0.3 is 0 Å². The van der Waals surface area contributed by atoms with Crippen molar-refractivity contribution in [3.05, 3.63) is 58.3 Å². The van der Waals surface area contributed by atoms with Crippen molar-refractivity contribution >= 4 is 21.8 Å². The standard InChI is InChI=1S/C16H17BrN4O/c17-14-1-3-15(4-2-14)21-11-13(10-20-21)16(22)19-9-12-5-7-18-8-6-12/h1-5,10-11,18H,6-9H2,(H,19,22). The van der Waals surface area contributed by atoms with Crippen LogP contribution < -0.4 is 10.6 Å². The van der Waals surface area contributed by atoms with Gasteiger partial charge in [-0.1, -0.05) is 27.6 Å². The molecule has 22 heavy (non-hydrogen) atoms. The first-order valence-corrected chi connectivity index (χ1v) is 7.99. The summed E-state index contributed by atoms with van der Waals surface area (Å²) in [4.78, 5) is 12.2. The summed E-state index contributed by atoms with van der Waals surface area (Å²) in [6.45, 7) is 2.46. The molecule has 0 unspecified atom stereocenters. The quantitative estimate of drug-likeness (QED) is 0.822. The van der Waals surface area contributed by atoms with E-state index in [2.05, 4.69) is 37.7 Å². The molecule has 5 nitrogen and oxygen atoms in total. The van der Waals surface area contributed by atoms with Gasteiger partial charge in [0.15, 0.2) is 0 Å². The van der Waals surface area contributed by atoms with Crippen LogP contribution in [0.5, 0.6) is 0 Å². The Morgan fingerprint density at radius 1 is 1.36 bits per heavy atom. The van der Waals surface area contributed by atoms with Crippen molar-refractivity contribution in [2.75, 3.05) is 19.6 Å². The van der Waals surface area contributed by atoms with Crippen molar-refractivity contribution < 1.29 is 4.79 Å². The van der Waals surface area contributed by atoms with Crippen LogP contribution in [0, 0.1) is 0 Å². The lowest BCUT2D eigenvalue weighted by molar-refractivity contribution is 0.0956. The van der Waals surface area contributed by atoms with Crippen LogP contribution in [-0.4, -0.2) is 35.3 Å². The molecule has 3 rings (SSSR count). The van der Waals surface area contributed by atoms with E-state index >= 15 is 0 Å². The predicted molar refractivity (Wildman–Crippen MR) is 89.2 cm³/mol. The van der Waals surface area contributed by atoms with Crippen LogP contribution in [0.2, 0.25) is 0 Å². The van der Waals surface area contributed by atoms with Gasteiger partial charge in [-0.2, -0.15) is 5.10 Å². The van der Waals surface area contributed by atoms with Crippen LogP contribution in [0.4, 0.5) is 0 Å². The van der Waals surface area contributed by atoms with E-state index in [0.717, 1.165) is 29.7 Å². The number of nitrogens with one attached hydrogen (secondary N) is 2. The van der Waals surface area contributed by atoms with Crippen LogP contribution in [0.3, 0.4) is 0 Å². The van der Waals surface area contributed by atoms with Crippen molar-refractivity contribution in [2.24, 2.45) is 0 Å². The maximum absolute atomic E-state index is 12.2. The topological polar surface area (TPSA) is 59.0 Å². The van der Waals surface area contributed by atoms with Gasteiger partial charge in [0, 0.05) is 23.8 Å². The first-order valence-electron chi connectivity index (χ1n) is 7.20. The van der Waals surface area contributed by atoms with Crippen molar-refractivity contribution in [3.8, 4) is 5.69 Å². The van der Waals surface area contributed by atoms with Gasteiger partial charge in [0.2, 0.25) is 0 Å². The monoisotopic (exact) mass is 360 g/mol. The molecule has 1 aromatic heterocycles. The molecule has 0 saturated carbocycles. The molecule has 2 heterocycles. The fourth-order valence-corrected chi connectivity index (χ4v) is 2.57. The van der Waals surface area contributed by atoms with E-state index in [1.807, 2.05) is 24.3 Å². The Balaban J connectivity index is 1.64. The Labute approximate surface area is 137 Å². The highest BCUT2D eigenvalue weighted by Crippen LogP contribution is 2.14. The summed E-state index contributed by atoms with van der Waals surface area (Å²) in [6.07, 6.45) is 6.46. The second-order valence-electron chi connectivity index (χ2n) is 5.15. The number of carbonyl (C=O) groups is 1. The van der Waals surface area contributed by atoms with Gasteiger partial charge in [0.05, 0.1) is 17.4 Å². The minimum absolute atomic E-state index is 0.0946. The molecule has 6 heteroatoms. The largest absolute Gasteiger partial charge is 0.348 e. The zero-order chi connectivity index (χ0) is 15.4. The smallest absolute Gasteiger partial charge is 0.254 e. The molecule has 1 aliphatic rings. The number of amides is 1. The van der Waals surface area contributed by atoms with Crippen molar-refractivity contribution in [2.45, 2.75) is 6.42 Å². The van der Waals surface area contributed by atoms with Crippen LogP contribution in [-0.2, 0) is 0 Å². The van der Waals surface area contributed by atoms with E-state index in [-0.39, 0.29) is 5.91 Å². The van der Waals surface area contributed by atoms with E-state index in [4.69, 9.17) is 0 Å². The van der Waals surface area contributed by atoms with Gasteiger partial charge in [-0.3, -0.25) is 4.79 Å². The van der Waals surface area contributed by atoms with Gasteiger partial charge in [-0.15, -0.1) is 0 Å². The summed E-state index contributed by atoms with van der Waals surface area (Å²) < 4.78 is 2.71. The highest BCUT2D eigenvalue weighted by molar-refractivity contribution is 9.10. The Morgan fingerprint density at radius 3 is 2.91 bits per heavy atom. The van der Waals surface area contributed by atoms with Crippen LogP contribution >= 0.6 is 15.9 Å². The Hall–Kier alpha value is -1.92. The second kappa shape index (κ2) is 6.89. The number of nitrogens with zero attached hydrogens (tertiary/aromatic N) is 2. The lowest BCUT2D eigenvalue weighted by Gasteiger charge is -2.14. The van der Waals surface area contributed by atoms with Gasteiger partial charge in [0.1, 0.15) is 0 Å². The van der Waals surface area contributed by atoms with Gasteiger partial charge < -0.3 is 10.6 Å². The van der Waals surface area contributed by atoms with E-state index in [9.17, 15) is 4.79 Å². The molecule has 0 radical (unpaired) electrons. The zero-order valence-corrected chi connectivity index (χ0v) is 13.6. The third-order valence-corrected chi connectivity index (χ3v) is 4.10. The van der Waals surface area contributed by atoms with E-state index in [1.165, 1.54) is 5.57 Å². The molecule has 0 bridgehead atoms. The van der Waals surface area contributed by atoms with Crippen molar-refractivity contribution in [1.29, 1.82) is 0 Å². The predicted octanol–water partition coefficient (Wildman–Crippen LogP) is 2.28. The molecule has 0 saturated heterocycles. The molecule has 2 aromatic rings. The Morgan fingerprint density at radius 2 is 2.18 bits per heavy atom. The number of benzene rings is 1. The Bertz CT molecular complexity index is 690. The maximum atomic E-state index is 12.2. The maximum Gasteiger partial charge on any atom is 0.254 e. The van der Waals surface area contributed by atoms with Crippen molar-refractivity contribution in [1.82, 2.24) is 20.4 Å². The van der Waals surface area contributed by atoms with Crippen molar-refractivity contribution in [3.63, 3.8) is 0 Å².